The van der Waals surface area contributed by atoms with Crippen LogP contribution in [0.2, 0.25) is 0 Å². The number of hydrogen-bond acceptors (Lipinski definition) is 5. The van der Waals surface area contributed by atoms with Gasteiger partial charge in [-0.1, -0.05) is 26.0 Å². The maximum Gasteiger partial charge on any atom is 0.247 e. The van der Waals surface area contributed by atoms with Crippen LogP contribution >= 0.6 is 0 Å². The van der Waals surface area contributed by atoms with Crippen molar-refractivity contribution in [2.24, 2.45) is 11.1 Å². The van der Waals surface area contributed by atoms with Crippen LogP contribution in [-0.2, 0) is 11.2 Å². The molecular formula is C17H25FN6O. The summed E-state index contributed by atoms with van der Waals surface area (Å²) in [5.74, 6) is 0.125. The highest BCUT2D eigenvalue weighted by Gasteiger charge is 2.29. The summed E-state index contributed by atoms with van der Waals surface area (Å²) in [7, 11) is 1.75. The van der Waals surface area contributed by atoms with E-state index in [2.05, 4.69) is 15.5 Å². The van der Waals surface area contributed by atoms with Gasteiger partial charge in [0.25, 0.3) is 0 Å². The molecule has 0 fully saturated rings. The number of likely N-dealkylation sites (N-methyl/N-ethyl adjacent to an activating group) is 1. The molecule has 0 radical (unpaired) electrons. The van der Waals surface area contributed by atoms with Crippen molar-refractivity contribution in [3.8, 4) is 0 Å². The molecule has 0 saturated carbocycles. The molecule has 2 aromatic rings. The molecule has 1 unspecified atom stereocenters. The molecule has 136 valence electrons. The van der Waals surface area contributed by atoms with Crippen molar-refractivity contribution in [1.29, 1.82) is 0 Å². The van der Waals surface area contributed by atoms with Gasteiger partial charge in [-0.3, -0.25) is 4.79 Å². The average Bonchev–Trinajstić information content (AvgIpc) is 2.99. The lowest BCUT2D eigenvalue weighted by atomic mass is 9.93. The minimum absolute atomic E-state index is 0.110. The Bertz CT molecular complexity index is 712. The Morgan fingerprint density at radius 1 is 1.36 bits per heavy atom. The van der Waals surface area contributed by atoms with Gasteiger partial charge in [0.2, 0.25) is 5.91 Å². The van der Waals surface area contributed by atoms with Gasteiger partial charge < -0.3 is 10.6 Å². The molecular weight excluding hydrogens is 323 g/mol. The maximum atomic E-state index is 13.1. The van der Waals surface area contributed by atoms with Gasteiger partial charge >= 0.3 is 0 Å². The van der Waals surface area contributed by atoms with E-state index in [1.165, 1.54) is 16.8 Å². The number of aryl methyl sites for hydroxylation is 1. The van der Waals surface area contributed by atoms with E-state index in [4.69, 9.17) is 5.73 Å². The van der Waals surface area contributed by atoms with E-state index >= 15 is 0 Å². The van der Waals surface area contributed by atoms with Crippen LogP contribution in [0.25, 0.3) is 0 Å². The van der Waals surface area contributed by atoms with Crippen molar-refractivity contribution in [3.05, 3.63) is 41.5 Å². The number of halogens is 1. The van der Waals surface area contributed by atoms with Crippen molar-refractivity contribution in [1.82, 2.24) is 25.1 Å². The lowest BCUT2D eigenvalue weighted by molar-refractivity contribution is -0.135. The summed E-state index contributed by atoms with van der Waals surface area (Å²) >= 11 is 0. The summed E-state index contributed by atoms with van der Waals surface area (Å²) in [5.41, 5.74) is 6.42. The highest BCUT2D eigenvalue weighted by molar-refractivity contribution is 5.80. The first-order valence-electron chi connectivity index (χ1n) is 8.17. The number of hydrogen-bond donors (Lipinski definition) is 1. The number of carbonyl (C=O) groups excluding carboxylic acids is 1. The van der Waals surface area contributed by atoms with Gasteiger partial charge in [-0.25, -0.2) is 9.07 Å². The number of amides is 1. The number of rotatable bonds is 7. The summed E-state index contributed by atoms with van der Waals surface area (Å²) in [5, 5.41) is 11.5. The Hall–Kier alpha value is -2.35. The predicted octanol–water partition coefficient (Wildman–Crippen LogP) is 1.35. The van der Waals surface area contributed by atoms with E-state index in [-0.39, 0.29) is 17.1 Å². The summed E-state index contributed by atoms with van der Waals surface area (Å²) < 4.78 is 14.7. The van der Waals surface area contributed by atoms with Crippen LogP contribution < -0.4 is 5.73 Å². The molecule has 0 aliphatic heterocycles. The topological polar surface area (TPSA) is 89.9 Å². The van der Waals surface area contributed by atoms with Gasteiger partial charge in [-0.15, -0.1) is 5.10 Å². The SMILES string of the molecule is Cc1nnnn1C(Cc1ccc(F)cc1)C(=O)N(C)CC(C)(C)CN. The predicted molar refractivity (Wildman–Crippen MR) is 92.2 cm³/mol. The third kappa shape index (κ3) is 4.82. The van der Waals surface area contributed by atoms with Crippen LogP contribution in [0.15, 0.2) is 24.3 Å². The molecule has 2 rings (SSSR count). The maximum absolute atomic E-state index is 13.1. The largest absolute Gasteiger partial charge is 0.343 e. The zero-order valence-corrected chi connectivity index (χ0v) is 15.1. The Labute approximate surface area is 147 Å². The number of nitrogens with zero attached hydrogens (tertiary/aromatic N) is 5. The van der Waals surface area contributed by atoms with Crippen LogP contribution in [-0.4, -0.2) is 51.2 Å². The molecule has 7 nitrogen and oxygen atoms in total. The fraction of sp³-hybridized carbons (Fsp3) is 0.529. The highest BCUT2D eigenvalue weighted by Crippen LogP contribution is 2.21. The van der Waals surface area contributed by atoms with E-state index in [0.29, 0.717) is 25.3 Å². The van der Waals surface area contributed by atoms with Gasteiger partial charge in [0.15, 0.2) is 0 Å². The number of carbonyl (C=O) groups is 1. The third-order valence-electron chi connectivity index (χ3n) is 4.17. The van der Waals surface area contributed by atoms with Gasteiger partial charge in [0.05, 0.1) is 0 Å². The smallest absolute Gasteiger partial charge is 0.247 e. The molecule has 0 bridgehead atoms. The summed E-state index contributed by atoms with van der Waals surface area (Å²) in [6.45, 7) is 6.75. The first-order valence-corrected chi connectivity index (χ1v) is 8.17. The van der Waals surface area contributed by atoms with Crippen molar-refractivity contribution < 1.29 is 9.18 Å². The Balaban J connectivity index is 2.27. The second-order valence-corrected chi connectivity index (χ2v) is 7.08. The Morgan fingerprint density at radius 3 is 2.52 bits per heavy atom. The van der Waals surface area contributed by atoms with Crippen molar-refractivity contribution >= 4 is 5.91 Å². The molecule has 1 atom stereocenters. The van der Waals surface area contributed by atoms with Crippen LogP contribution in [0.3, 0.4) is 0 Å². The number of aromatic nitrogens is 4. The zero-order valence-electron chi connectivity index (χ0n) is 15.1. The lowest BCUT2D eigenvalue weighted by Gasteiger charge is -2.31. The fourth-order valence-corrected chi connectivity index (χ4v) is 2.69. The first kappa shape index (κ1) is 19.0. The first-order chi connectivity index (χ1) is 11.7. The molecule has 0 aliphatic carbocycles. The van der Waals surface area contributed by atoms with Gasteiger partial charge in [0, 0.05) is 20.0 Å². The zero-order chi connectivity index (χ0) is 18.6. The summed E-state index contributed by atoms with van der Waals surface area (Å²) in [6, 6.07) is 5.49. The second-order valence-electron chi connectivity index (χ2n) is 7.08. The second kappa shape index (κ2) is 7.69. The number of tetrazole rings is 1. The van der Waals surface area contributed by atoms with Gasteiger partial charge in [0.1, 0.15) is 17.7 Å². The van der Waals surface area contributed by atoms with Crippen molar-refractivity contribution in [3.63, 3.8) is 0 Å². The molecule has 25 heavy (non-hydrogen) atoms. The molecule has 1 aromatic carbocycles. The van der Waals surface area contributed by atoms with E-state index < -0.39 is 6.04 Å². The van der Waals surface area contributed by atoms with Gasteiger partial charge in [-0.05, 0) is 47.0 Å². The molecule has 2 N–H and O–H groups in total. The minimum atomic E-state index is -0.598. The van der Waals surface area contributed by atoms with Crippen molar-refractivity contribution in [2.45, 2.75) is 33.2 Å². The van der Waals surface area contributed by atoms with E-state index in [1.807, 2.05) is 13.8 Å². The molecule has 0 spiro atoms. The lowest BCUT2D eigenvalue weighted by Crippen LogP contribution is -2.43. The van der Waals surface area contributed by atoms with E-state index in [1.54, 1.807) is 31.0 Å². The minimum Gasteiger partial charge on any atom is -0.343 e. The number of nitrogens with two attached hydrogens (primary N) is 1. The quantitative estimate of drug-likeness (QED) is 0.816. The molecule has 1 aromatic heterocycles. The third-order valence-corrected chi connectivity index (χ3v) is 4.17. The molecule has 8 heteroatoms. The standard InChI is InChI=1S/C17H25FN6O/c1-12-20-21-22-24(12)15(9-13-5-7-14(18)8-6-13)16(25)23(4)11-17(2,3)10-19/h5-8,15H,9-11,19H2,1-4H3. The average molecular weight is 348 g/mol. The van der Waals surface area contributed by atoms with E-state index in [9.17, 15) is 9.18 Å². The monoisotopic (exact) mass is 348 g/mol. The Kier molecular flexibility index (Phi) is 5.84. The highest BCUT2D eigenvalue weighted by atomic mass is 19.1. The fourth-order valence-electron chi connectivity index (χ4n) is 2.69. The van der Waals surface area contributed by atoms with Crippen LogP contribution in [0, 0.1) is 18.2 Å². The molecule has 0 saturated heterocycles. The van der Waals surface area contributed by atoms with Crippen molar-refractivity contribution in [2.75, 3.05) is 20.1 Å². The number of benzene rings is 1. The van der Waals surface area contributed by atoms with Gasteiger partial charge in [-0.2, -0.15) is 0 Å². The van der Waals surface area contributed by atoms with Crippen LogP contribution in [0.4, 0.5) is 4.39 Å². The van der Waals surface area contributed by atoms with Crippen LogP contribution in [0.5, 0.6) is 0 Å². The van der Waals surface area contributed by atoms with E-state index in [0.717, 1.165) is 5.56 Å². The molecule has 1 heterocycles. The summed E-state index contributed by atoms with van der Waals surface area (Å²) in [4.78, 5) is 14.7. The normalized spacial score (nSPS) is 12.9. The Morgan fingerprint density at radius 2 is 2.00 bits per heavy atom. The molecule has 0 aliphatic rings. The summed E-state index contributed by atoms with van der Waals surface area (Å²) in [6.07, 6.45) is 0.373. The van der Waals surface area contributed by atoms with Crippen LogP contribution in [0.1, 0.15) is 31.3 Å². The molecule has 1 amide bonds.